The number of anilines is 1. The number of carbonyl (C=O) groups excluding carboxylic acids is 2. The zero-order valence-electron chi connectivity index (χ0n) is 14.6. The van der Waals surface area contributed by atoms with Gasteiger partial charge in [0.1, 0.15) is 0 Å². The highest BCUT2D eigenvalue weighted by atomic mass is 79.9. The van der Waals surface area contributed by atoms with Crippen LogP contribution in [-0.2, 0) is 20.7 Å². The Balaban J connectivity index is 1.50. The number of nitrogens with one attached hydrogen (secondary N) is 2. The second kappa shape index (κ2) is 8.71. The minimum absolute atomic E-state index is 0.215. The van der Waals surface area contributed by atoms with Crippen LogP contribution in [0.3, 0.4) is 0 Å². The smallest absolute Gasteiger partial charge is 0.306 e. The number of H-pyrrole nitrogens is 1. The quantitative estimate of drug-likeness (QED) is 0.468. The molecule has 0 saturated heterocycles. The summed E-state index contributed by atoms with van der Waals surface area (Å²) in [4.78, 5) is 27.2. The van der Waals surface area contributed by atoms with Gasteiger partial charge in [0.25, 0.3) is 5.91 Å². The largest absolute Gasteiger partial charge is 0.456 e. The number of ether oxygens (including phenoxy) is 1. The Hall–Kier alpha value is -2.12. The van der Waals surface area contributed by atoms with E-state index in [1.807, 2.05) is 49.5 Å². The Labute approximate surface area is 173 Å². The summed E-state index contributed by atoms with van der Waals surface area (Å²) in [6.45, 7) is 1.63. The first-order valence-electron chi connectivity index (χ1n) is 8.40. The minimum Gasteiger partial charge on any atom is -0.456 e. The number of aromatic amines is 1. The first kappa shape index (κ1) is 19.6. The van der Waals surface area contributed by atoms with Crippen molar-refractivity contribution < 1.29 is 14.3 Å². The lowest BCUT2D eigenvalue weighted by Gasteiger charge is -2.11. The number of carbonyl (C=O) groups is 2. The summed E-state index contributed by atoms with van der Waals surface area (Å²) in [5, 5.41) is 3.83. The van der Waals surface area contributed by atoms with Gasteiger partial charge < -0.3 is 15.0 Å². The molecule has 0 unspecified atom stereocenters. The lowest BCUT2D eigenvalue weighted by atomic mass is 10.1. The van der Waals surface area contributed by atoms with Crippen LogP contribution in [0.5, 0.6) is 0 Å². The number of aromatic nitrogens is 1. The van der Waals surface area contributed by atoms with Crippen molar-refractivity contribution in [2.75, 3.05) is 11.9 Å². The Morgan fingerprint density at radius 3 is 2.59 bits per heavy atom. The number of hydrogen-bond acceptors (Lipinski definition) is 3. The van der Waals surface area contributed by atoms with Gasteiger partial charge in [0.05, 0.1) is 5.69 Å². The zero-order chi connectivity index (χ0) is 19.4. The molecule has 7 heteroatoms. The molecule has 3 aromatic rings. The molecule has 0 bridgehead atoms. The van der Waals surface area contributed by atoms with Crippen LogP contribution in [0.2, 0.25) is 0 Å². The molecule has 0 fully saturated rings. The molecule has 0 saturated carbocycles. The van der Waals surface area contributed by atoms with Crippen molar-refractivity contribution in [1.29, 1.82) is 0 Å². The van der Waals surface area contributed by atoms with Crippen LogP contribution < -0.4 is 5.32 Å². The molecule has 5 nitrogen and oxygen atoms in total. The van der Waals surface area contributed by atoms with Gasteiger partial charge >= 0.3 is 5.97 Å². The molecular weight excluding hydrogens is 476 g/mol. The van der Waals surface area contributed by atoms with Crippen LogP contribution in [0.25, 0.3) is 10.9 Å². The number of fused-ring (bicyclic) bond motifs is 1. The molecule has 1 aromatic heterocycles. The summed E-state index contributed by atoms with van der Waals surface area (Å²) in [6.07, 6.45) is 2.67. The number of benzene rings is 2. The van der Waals surface area contributed by atoms with Crippen LogP contribution in [0, 0.1) is 6.92 Å². The van der Waals surface area contributed by atoms with E-state index in [9.17, 15) is 9.59 Å². The van der Waals surface area contributed by atoms with Gasteiger partial charge in [-0.25, -0.2) is 0 Å². The third-order valence-electron chi connectivity index (χ3n) is 4.09. The second-order valence-corrected chi connectivity index (χ2v) is 7.88. The molecule has 0 atom stereocenters. The standard InChI is InChI=1S/C20H18Br2N2O3/c1-12-8-15(21)20(16(22)9-12)24-18(25)11-27-19(26)7-6-13-10-23-17-5-3-2-4-14(13)17/h2-5,8-10,23H,6-7,11H2,1H3,(H,24,25). The van der Waals surface area contributed by atoms with E-state index in [2.05, 4.69) is 42.2 Å². The maximum absolute atomic E-state index is 12.1. The van der Waals surface area contributed by atoms with Gasteiger partial charge in [-0.3, -0.25) is 9.59 Å². The third kappa shape index (κ3) is 4.99. The fourth-order valence-electron chi connectivity index (χ4n) is 2.79. The molecule has 1 amide bonds. The molecule has 2 N–H and O–H groups in total. The summed E-state index contributed by atoms with van der Waals surface area (Å²) < 4.78 is 6.61. The van der Waals surface area contributed by atoms with E-state index in [-0.39, 0.29) is 18.9 Å². The van der Waals surface area contributed by atoms with E-state index in [1.165, 1.54) is 0 Å². The summed E-state index contributed by atoms with van der Waals surface area (Å²) in [7, 11) is 0. The number of halogens is 2. The van der Waals surface area contributed by atoms with E-state index in [0.717, 1.165) is 31.0 Å². The molecule has 0 spiro atoms. The number of para-hydroxylation sites is 1. The highest BCUT2D eigenvalue weighted by Crippen LogP contribution is 2.32. The van der Waals surface area contributed by atoms with Gasteiger partial charge in [0.15, 0.2) is 6.61 Å². The first-order chi connectivity index (χ1) is 12.9. The highest BCUT2D eigenvalue weighted by molar-refractivity contribution is 9.11. The van der Waals surface area contributed by atoms with Crippen molar-refractivity contribution in [2.24, 2.45) is 0 Å². The summed E-state index contributed by atoms with van der Waals surface area (Å²) in [5.41, 5.74) is 3.75. The Morgan fingerprint density at radius 1 is 1.15 bits per heavy atom. The highest BCUT2D eigenvalue weighted by Gasteiger charge is 2.13. The van der Waals surface area contributed by atoms with Crippen LogP contribution in [0.15, 0.2) is 51.5 Å². The van der Waals surface area contributed by atoms with Crippen LogP contribution in [0.1, 0.15) is 17.5 Å². The molecule has 0 aliphatic heterocycles. The number of amides is 1. The number of aryl methyl sites for hydroxylation is 2. The topological polar surface area (TPSA) is 71.2 Å². The average molecular weight is 494 g/mol. The lowest BCUT2D eigenvalue weighted by Crippen LogP contribution is -2.21. The van der Waals surface area contributed by atoms with Crippen molar-refractivity contribution >= 4 is 60.3 Å². The van der Waals surface area contributed by atoms with Crippen molar-refractivity contribution in [3.63, 3.8) is 0 Å². The van der Waals surface area contributed by atoms with Gasteiger partial charge in [-0.05, 0) is 74.5 Å². The van der Waals surface area contributed by atoms with Crippen LogP contribution in [-0.4, -0.2) is 23.5 Å². The maximum Gasteiger partial charge on any atom is 0.306 e. The second-order valence-electron chi connectivity index (χ2n) is 6.17. The van der Waals surface area contributed by atoms with Gasteiger partial charge in [0, 0.05) is 32.5 Å². The van der Waals surface area contributed by atoms with E-state index < -0.39 is 5.97 Å². The molecular formula is C20H18Br2N2O3. The van der Waals surface area contributed by atoms with Gasteiger partial charge in [0.2, 0.25) is 0 Å². The normalized spacial score (nSPS) is 10.8. The summed E-state index contributed by atoms with van der Waals surface area (Å²) >= 11 is 6.84. The third-order valence-corrected chi connectivity index (χ3v) is 5.34. The average Bonchev–Trinajstić information content (AvgIpc) is 3.04. The number of rotatable bonds is 6. The SMILES string of the molecule is Cc1cc(Br)c(NC(=O)COC(=O)CCc2c[nH]c3ccccc23)c(Br)c1. The Bertz CT molecular complexity index is 975. The molecule has 0 radical (unpaired) electrons. The van der Waals surface area contributed by atoms with Crippen molar-refractivity contribution in [3.8, 4) is 0 Å². The molecule has 140 valence electrons. The van der Waals surface area contributed by atoms with E-state index in [4.69, 9.17) is 4.74 Å². The fraction of sp³-hybridized carbons (Fsp3) is 0.200. The Kier molecular flexibility index (Phi) is 6.34. The van der Waals surface area contributed by atoms with E-state index in [0.29, 0.717) is 12.1 Å². The molecule has 1 heterocycles. The Morgan fingerprint density at radius 2 is 1.85 bits per heavy atom. The predicted octanol–water partition coefficient (Wildman–Crippen LogP) is 5.12. The summed E-state index contributed by atoms with van der Waals surface area (Å²) in [6, 6.07) is 11.7. The van der Waals surface area contributed by atoms with Gasteiger partial charge in [-0.15, -0.1) is 0 Å². The lowest BCUT2D eigenvalue weighted by molar-refractivity contribution is -0.147. The van der Waals surface area contributed by atoms with E-state index in [1.54, 1.807) is 0 Å². The van der Waals surface area contributed by atoms with Crippen molar-refractivity contribution in [3.05, 3.63) is 62.7 Å². The first-order valence-corrected chi connectivity index (χ1v) is 9.99. The van der Waals surface area contributed by atoms with Gasteiger partial charge in [-0.2, -0.15) is 0 Å². The maximum atomic E-state index is 12.1. The molecule has 0 aliphatic rings. The summed E-state index contributed by atoms with van der Waals surface area (Å²) in [5.74, 6) is -0.793. The van der Waals surface area contributed by atoms with Gasteiger partial charge in [-0.1, -0.05) is 18.2 Å². The number of hydrogen-bond donors (Lipinski definition) is 2. The van der Waals surface area contributed by atoms with E-state index >= 15 is 0 Å². The molecule has 0 aliphatic carbocycles. The minimum atomic E-state index is -0.405. The monoisotopic (exact) mass is 492 g/mol. The molecule has 3 rings (SSSR count). The predicted molar refractivity (Wildman–Crippen MR) is 113 cm³/mol. The fourth-order valence-corrected chi connectivity index (χ4v) is 4.40. The van der Waals surface area contributed by atoms with Crippen LogP contribution >= 0.6 is 31.9 Å². The number of esters is 1. The van der Waals surface area contributed by atoms with Crippen molar-refractivity contribution in [2.45, 2.75) is 19.8 Å². The van der Waals surface area contributed by atoms with Crippen LogP contribution in [0.4, 0.5) is 5.69 Å². The zero-order valence-corrected chi connectivity index (χ0v) is 17.8. The molecule has 27 heavy (non-hydrogen) atoms. The van der Waals surface area contributed by atoms with Crippen molar-refractivity contribution in [1.82, 2.24) is 4.98 Å². The molecule has 2 aromatic carbocycles.